The molecule has 1 aliphatic heterocycles. The van der Waals surface area contributed by atoms with Crippen LogP contribution in [-0.4, -0.2) is 18.5 Å². The van der Waals surface area contributed by atoms with Crippen molar-refractivity contribution in [3.05, 3.63) is 59.2 Å². The van der Waals surface area contributed by atoms with E-state index >= 15 is 0 Å². The van der Waals surface area contributed by atoms with Crippen LogP contribution in [0.4, 0.5) is 0 Å². The van der Waals surface area contributed by atoms with E-state index in [2.05, 4.69) is 54.4 Å². The summed E-state index contributed by atoms with van der Waals surface area (Å²) in [5.41, 5.74) is 7.56. The number of fused-ring (bicyclic) bond motifs is 2. The van der Waals surface area contributed by atoms with E-state index in [4.69, 9.17) is 0 Å². The molecule has 19 heavy (non-hydrogen) atoms. The smallest absolute Gasteiger partial charge is 0.0394 e. The number of hydrogen-bond donors (Lipinski definition) is 0. The van der Waals surface area contributed by atoms with Crippen LogP contribution in [0.5, 0.6) is 0 Å². The normalized spacial score (nSPS) is 20.2. The predicted octanol–water partition coefficient (Wildman–Crippen LogP) is 3.44. The first-order valence-electron chi connectivity index (χ1n) is 6.75. The van der Waals surface area contributed by atoms with Crippen LogP contribution in [0.1, 0.15) is 22.7 Å². The second-order valence-electron chi connectivity index (χ2n) is 5.49. The molecule has 1 heterocycles. The zero-order valence-electron chi connectivity index (χ0n) is 11.0. The number of hydrogen-bond acceptors (Lipinski definition) is 1. The first-order chi connectivity index (χ1) is 8.84. The molecule has 99 valence electrons. The maximum Gasteiger partial charge on any atom is 0.0394 e. The Morgan fingerprint density at radius 3 is 2.58 bits per heavy atom. The summed E-state index contributed by atoms with van der Waals surface area (Å²) in [6.07, 6.45) is 2.36. The summed E-state index contributed by atoms with van der Waals surface area (Å²) in [6.45, 7) is 1.18. The van der Waals surface area contributed by atoms with Crippen molar-refractivity contribution in [2.24, 2.45) is 0 Å². The second-order valence-corrected chi connectivity index (χ2v) is 5.49. The topological polar surface area (TPSA) is 3.24 Å². The number of rotatable bonds is 0. The minimum atomic E-state index is 0. The van der Waals surface area contributed by atoms with Crippen LogP contribution < -0.4 is 0 Å². The first-order valence-corrected chi connectivity index (χ1v) is 6.75. The molecule has 0 fully saturated rings. The average molecular weight is 394 g/mol. The van der Waals surface area contributed by atoms with Crippen molar-refractivity contribution in [3.63, 3.8) is 0 Å². The number of benzene rings is 2. The van der Waals surface area contributed by atoms with Crippen LogP contribution in [0.25, 0.3) is 11.1 Å². The van der Waals surface area contributed by atoms with E-state index in [0.717, 1.165) is 6.42 Å². The van der Waals surface area contributed by atoms with Crippen molar-refractivity contribution in [2.45, 2.75) is 18.9 Å². The summed E-state index contributed by atoms with van der Waals surface area (Å²) in [5, 5.41) is 0. The van der Waals surface area contributed by atoms with E-state index < -0.39 is 0 Å². The van der Waals surface area contributed by atoms with E-state index in [-0.39, 0.29) is 38.6 Å². The molecule has 0 N–H and O–H groups in total. The van der Waals surface area contributed by atoms with Gasteiger partial charge in [-0.3, -0.25) is 4.90 Å². The van der Waals surface area contributed by atoms with Crippen LogP contribution in [0.3, 0.4) is 0 Å². The summed E-state index contributed by atoms with van der Waals surface area (Å²) in [5.74, 6) is 0. The van der Waals surface area contributed by atoms with Crippen molar-refractivity contribution in [2.75, 3.05) is 13.6 Å². The molecule has 2 heteroatoms. The molecule has 1 atom stereocenters. The SMILES string of the molecule is CN1CCc2cccc3c2C1Cc1ccccc1-3.[Tb]. The maximum absolute atomic E-state index is 2.52. The molecule has 2 aromatic rings. The molecule has 4 rings (SSSR count). The quantitative estimate of drug-likeness (QED) is 0.662. The molecule has 2 aromatic carbocycles. The molecule has 0 spiro atoms. The Morgan fingerprint density at radius 2 is 1.68 bits per heavy atom. The molecule has 1 nitrogen and oxygen atoms in total. The van der Waals surface area contributed by atoms with Crippen LogP contribution >= 0.6 is 0 Å². The van der Waals surface area contributed by atoms with Gasteiger partial charge in [0.15, 0.2) is 0 Å². The fourth-order valence-corrected chi connectivity index (χ4v) is 3.56. The number of likely N-dealkylation sites (N-methyl/N-ethyl adjacent to an activating group) is 1. The van der Waals surface area contributed by atoms with Crippen molar-refractivity contribution in [1.29, 1.82) is 0 Å². The minimum Gasteiger partial charge on any atom is -0.299 e. The van der Waals surface area contributed by atoms with E-state index in [0.29, 0.717) is 6.04 Å². The number of nitrogens with zero attached hydrogens (tertiary/aromatic N) is 1. The molecule has 0 amide bonds. The van der Waals surface area contributed by atoms with Gasteiger partial charge >= 0.3 is 0 Å². The van der Waals surface area contributed by atoms with Gasteiger partial charge in [-0.2, -0.15) is 0 Å². The molecule has 0 aromatic heterocycles. The molecule has 0 bridgehead atoms. The van der Waals surface area contributed by atoms with Gasteiger partial charge < -0.3 is 0 Å². The third-order valence-corrected chi connectivity index (χ3v) is 4.52. The molecular formula is C17H17NTb. The maximum atomic E-state index is 2.52. The molecule has 2 aliphatic rings. The summed E-state index contributed by atoms with van der Waals surface area (Å²) in [7, 11) is 2.26. The Morgan fingerprint density at radius 1 is 0.947 bits per heavy atom. The van der Waals surface area contributed by atoms with E-state index in [1.54, 1.807) is 11.1 Å². The Balaban J connectivity index is 0.00000110. The van der Waals surface area contributed by atoms with Crippen LogP contribution in [-0.2, 0) is 12.8 Å². The van der Waals surface area contributed by atoms with Crippen molar-refractivity contribution < 1.29 is 38.6 Å². The molecule has 0 saturated heterocycles. The second kappa shape index (κ2) is 5.23. The molecule has 0 saturated carbocycles. The van der Waals surface area contributed by atoms with Gasteiger partial charge in [0, 0.05) is 51.2 Å². The molecule has 1 aliphatic carbocycles. The largest absolute Gasteiger partial charge is 0.299 e. The monoisotopic (exact) mass is 394 g/mol. The summed E-state index contributed by atoms with van der Waals surface area (Å²) in [4.78, 5) is 2.52. The van der Waals surface area contributed by atoms with Crippen LogP contribution in [0.2, 0.25) is 0 Å². The van der Waals surface area contributed by atoms with E-state index in [1.165, 1.54) is 29.7 Å². The van der Waals surface area contributed by atoms with Gasteiger partial charge in [0.2, 0.25) is 0 Å². The average Bonchev–Trinajstić information content (AvgIpc) is 2.43. The van der Waals surface area contributed by atoms with E-state index in [9.17, 15) is 0 Å². The Bertz CT molecular complexity index is 620. The summed E-state index contributed by atoms with van der Waals surface area (Å²) in [6, 6.07) is 16.3. The van der Waals surface area contributed by atoms with E-state index in [1.807, 2.05) is 0 Å². The van der Waals surface area contributed by atoms with Gasteiger partial charge in [0.1, 0.15) is 0 Å². The zero-order valence-corrected chi connectivity index (χ0v) is 13.2. The van der Waals surface area contributed by atoms with Gasteiger partial charge in [-0.1, -0.05) is 42.5 Å². The summed E-state index contributed by atoms with van der Waals surface area (Å²) >= 11 is 0. The third kappa shape index (κ3) is 2.08. The minimum absolute atomic E-state index is 0. The van der Waals surface area contributed by atoms with Crippen molar-refractivity contribution in [3.8, 4) is 11.1 Å². The zero-order chi connectivity index (χ0) is 12.1. The van der Waals surface area contributed by atoms with Crippen molar-refractivity contribution in [1.82, 2.24) is 4.90 Å². The predicted molar refractivity (Wildman–Crippen MR) is 74.7 cm³/mol. The van der Waals surface area contributed by atoms with Gasteiger partial charge in [0.25, 0.3) is 0 Å². The van der Waals surface area contributed by atoms with Gasteiger partial charge in [-0.15, -0.1) is 0 Å². The van der Waals surface area contributed by atoms with Crippen molar-refractivity contribution >= 4 is 0 Å². The van der Waals surface area contributed by atoms with Gasteiger partial charge in [-0.05, 0) is 47.7 Å². The first kappa shape index (κ1) is 13.7. The Labute approximate surface area is 145 Å². The fourth-order valence-electron chi connectivity index (χ4n) is 3.56. The molecule has 1 radical (unpaired) electrons. The van der Waals surface area contributed by atoms with Crippen LogP contribution in [0, 0.1) is 38.6 Å². The fraction of sp³-hybridized carbons (Fsp3) is 0.294. The summed E-state index contributed by atoms with van der Waals surface area (Å²) < 4.78 is 0. The molecular weight excluding hydrogens is 377 g/mol. The Kier molecular flexibility index (Phi) is 3.76. The third-order valence-electron chi connectivity index (χ3n) is 4.52. The van der Waals surface area contributed by atoms with Crippen LogP contribution in [0.15, 0.2) is 42.5 Å². The Hall–Kier alpha value is -0.314. The molecule has 1 unspecified atom stereocenters. The van der Waals surface area contributed by atoms with Gasteiger partial charge in [0.05, 0.1) is 0 Å². The standard InChI is InChI=1S/C17H17N.Tb/c1-18-10-9-12-6-4-8-15-14-7-3-2-5-13(14)11-16(18)17(12)15;/h2-8,16H,9-11H2,1H3;. The van der Waals surface area contributed by atoms with Gasteiger partial charge in [-0.25, -0.2) is 0 Å².